The van der Waals surface area contributed by atoms with Crippen molar-refractivity contribution in [3.05, 3.63) is 119 Å². The highest BCUT2D eigenvalue weighted by Gasteiger charge is 2.35. The largest absolute Gasteiger partial charge is 0.486 e. The molecule has 1 atom stereocenters. The third-order valence-corrected chi connectivity index (χ3v) is 9.49. The van der Waals surface area contributed by atoms with Gasteiger partial charge >= 0.3 is 0 Å². The summed E-state index contributed by atoms with van der Waals surface area (Å²) in [6.07, 6.45) is 0.171. The van der Waals surface area contributed by atoms with Crippen molar-refractivity contribution < 1.29 is 31.9 Å². The Kier molecular flexibility index (Phi) is 10.7. The van der Waals surface area contributed by atoms with Gasteiger partial charge in [-0.15, -0.1) is 0 Å². The zero-order chi connectivity index (χ0) is 33.6. The molecule has 1 heterocycles. The normalized spacial score (nSPS) is 13.1. The van der Waals surface area contributed by atoms with E-state index in [1.54, 1.807) is 24.3 Å². The van der Waals surface area contributed by atoms with E-state index in [1.807, 2.05) is 44.2 Å². The number of carbonyl (C=O) groups is 2. The molecule has 4 aromatic carbocycles. The molecule has 0 aliphatic carbocycles. The van der Waals surface area contributed by atoms with Crippen LogP contribution in [0.3, 0.4) is 0 Å². The first-order valence-corrected chi connectivity index (χ1v) is 16.9. The second-order valence-corrected chi connectivity index (χ2v) is 13.6. The minimum absolute atomic E-state index is 0.0135. The SMILES string of the molecule is CC(C)NC(=O)[C@@H](Cc1ccccc1)N(Cc1ccc(Cl)cc1)C(=O)CN(c1ccc(F)cc1)S(=O)(=O)c1ccc2c(c1)OCCO2. The molecule has 5 rings (SSSR count). The molecule has 0 bridgehead atoms. The third-order valence-electron chi connectivity index (χ3n) is 7.46. The fraction of sp³-hybridized carbons (Fsp3) is 0.257. The van der Waals surface area contributed by atoms with Crippen molar-refractivity contribution in [3.8, 4) is 11.5 Å². The van der Waals surface area contributed by atoms with Crippen LogP contribution in [0.25, 0.3) is 0 Å². The quantitative estimate of drug-likeness (QED) is 0.209. The molecule has 1 aliphatic heterocycles. The number of carbonyl (C=O) groups excluding carboxylic acids is 2. The number of halogens is 2. The average molecular weight is 680 g/mol. The molecule has 12 heteroatoms. The summed E-state index contributed by atoms with van der Waals surface area (Å²) in [6, 6.07) is 23.9. The van der Waals surface area contributed by atoms with Gasteiger partial charge in [-0.05, 0) is 73.5 Å². The van der Waals surface area contributed by atoms with Gasteiger partial charge in [0.25, 0.3) is 10.0 Å². The first-order valence-electron chi connectivity index (χ1n) is 15.1. The number of nitrogens with one attached hydrogen (secondary N) is 1. The summed E-state index contributed by atoms with van der Waals surface area (Å²) in [6.45, 7) is 3.51. The van der Waals surface area contributed by atoms with E-state index in [1.165, 1.54) is 35.2 Å². The summed E-state index contributed by atoms with van der Waals surface area (Å²) < 4.78 is 54.6. The standard InChI is InChI=1S/C35H35ClFN3O6S/c1-24(2)38-35(42)31(20-25-6-4-3-5-7-25)39(22-26-8-10-27(36)11-9-26)34(41)23-40(29-14-12-28(37)13-15-29)47(43,44)30-16-17-32-33(21-30)46-19-18-45-32/h3-17,21,24,31H,18-20,22-23H2,1-2H3,(H,38,42)/t31-/m1/s1. The lowest BCUT2D eigenvalue weighted by atomic mass is 10.0. The van der Waals surface area contributed by atoms with E-state index in [9.17, 15) is 22.4 Å². The average Bonchev–Trinajstić information content (AvgIpc) is 3.06. The van der Waals surface area contributed by atoms with Crippen molar-refractivity contribution in [2.24, 2.45) is 0 Å². The van der Waals surface area contributed by atoms with Crippen LogP contribution >= 0.6 is 11.6 Å². The van der Waals surface area contributed by atoms with Crippen molar-refractivity contribution in [1.82, 2.24) is 10.2 Å². The summed E-state index contributed by atoms with van der Waals surface area (Å²) in [5.74, 6) is -0.970. The molecule has 1 aliphatic rings. The van der Waals surface area contributed by atoms with Crippen molar-refractivity contribution in [2.45, 2.75) is 43.8 Å². The molecule has 0 saturated heterocycles. The lowest BCUT2D eigenvalue weighted by molar-refractivity contribution is -0.140. The highest BCUT2D eigenvalue weighted by molar-refractivity contribution is 7.92. The zero-order valence-electron chi connectivity index (χ0n) is 25.9. The summed E-state index contributed by atoms with van der Waals surface area (Å²) in [7, 11) is -4.42. The van der Waals surface area contributed by atoms with Gasteiger partial charge in [-0.25, -0.2) is 12.8 Å². The second kappa shape index (κ2) is 14.9. The first-order chi connectivity index (χ1) is 22.5. The summed E-state index contributed by atoms with van der Waals surface area (Å²) >= 11 is 6.13. The number of benzene rings is 4. The smallest absolute Gasteiger partial charge is 0.264 e. The number of ether oxygens (including phenoxy) is 2. The van der Waals surface area contributed by atoms with Crippen LogP contribution in [0, 0.1) is 5.82 Å². The third kappa shape index (κ3) is 8.41. The van der Waals surface area contributed by atoms with Crippen LogP contribution in [-0.4, -0.2) is 57.0 Å². The fourth-order valence-electron chi connectivity index (χ4n) is 5.17. The monoisotopic (exact) mass is 679 g/mol. The number of rotatable bonds is 12. The molecule has 0 spiro atoms. The molecular weight excluding hydrogens is 645 g/mol. The first kappa shape index (κ1) is 33.7. The van der Waals surface area contributed by atoms with Gasteiger partial charge in [-0.2, -0.15) is 0 Å². The van der Waals surface area contributed by atoms with E-state index >= 15 is 0 Å². The van der Waals surface area contributed by atoms with Gasteiger partial charge in [0.15, 0.2) is 11.5 Å². The van der Waals surface area contributed by atoms with Gasteiger partial charge in [0, 0.05) is 30.1 Å². The fourth-order valence-corrected chi connectivity index (χ4v) is 6.72. The molecule has 4 aromatic rings. The summed E-state index contributed by atoms with van der Waals surface area (Å²) in [5, 5.41) is 3.41. The van der Waals surface area contributed by atoms with Crippen LogP contribution in [0.15, 0.2) is 102 Å². The van der Waals surface area contributed by atoms with Crippen LogP contribution in [0.2, 0.25) is 5.02 Å². The van der Waals surface area contributed by atoms with Crippen LogP contribution in [-0.2, 0) is 32.6 Å². The van der Waals surface area contributed by atoms with Gasteiger partial charge in [-0.3, -0.25) is 13.9 Å². The van der Waals surface area contributed by atoms with Crippen LogP contribution in [0.4, 0.5) is 10.1 Å². The van der Waals surface area contributed by atoms with E-state index < -0.39 is 40.2 Å². The predicted octanol–water partition coefficient (Wildman–Crippen LogP) is 5.61. The molecule has 0 unspecified atom stereocenters. The Labute approximate surface area is 278 Å². The Bertz CT molecular complexity index is 1810. The van der Waals surface area contributed by atoms with Crippen LogP contribution in [0.1, 0.15) is 25.0 Å². The topological polar surface area (TPSA) is 105 Å². The maximum atomic E-state index is 14.5. The molecule has 47 heavy (non-hydrogen) atoms. The summed E-state index contributed by atoms with van der Waals surface area (Å²) in [5.41, 5.74) is 1.55. The van der Waals surface area contributed by atoms with E-state index in [2.05, 4.69) is 5.32 Å². The van der Waals surface area contributed by atoms with Crippen LogP contribution < -0.4 is 19.1 Å². The van der Waals surface area contributed by atoms with Crippen molar-refractivity contribution >= 4 is 39.1 Å². The lowest BCUT2D eigenvalue weighted by Crippen LogP contribution is -2.54. The van der Waals surface area contributed by atoms with Crippen molar-refractivity contribution in [2.75, 3.05) is 24.1 Å². The van der Waals surface area contributed by atoms with Crippen molar-refractivity contribution in [3.63, 3.8) is 0 Å². The van der Waals surface area contributed by atoms with E-state index in [0.717, 1.165) is 22.0 Å². The number of fused-ring (bicyclic) bond motifs is 1. The number of sulfonamides is 1. The number of amides is 2. The molecule has 2 amide bonds. The van der Waals surface area contributed by atoms with E-state index in [0.29, 0.717) is 22.9 Å². The number of hydrogen-bond acceptors (Lipinski definition) is 6. The second-order valence-electron chi connectivity index (χ2n) is 11.3. The summed E-state index contributed by atoms with van der Waals surface area (Å²) in [4.78, 5) is 29.5. The van der Waals surface area contributed by atoms with Gasteiger partial charge in [0.1, 0.15) is 31.6 Å². The maximum Gasteiger partial charge on any atom is 0.264 e. The van der Waals surface area contributed by atoms with Gasteiger partial charge in [-0.1, -0.05) is 54.1 Å². The lowest BCUT2D eigenvalue weighted by Gasteiger charge is -2.34. The Morgan fingerprint density at radius 1 is 0.872 bits per heavy atom. The van der Waals surface area contributed by atoms with Gasteiger partial charge < -0.3 is 19.7 Å². The Hall–Kier alpha value is -4.61. The van der Waals surface area contributed by atoms with E-state index in [-0.39, 0.29) is 41.9 Å². The molecule has 0 aromatic heterocycles. The van der Waals surface area contributed by atoms with E-state index in [4.69, 9.17) is 21.1 Å². The van der Waals surface area contributed by atoms with Gasteiger partial charge in [0.05, 0.1) is 10.6 Å². The number of anilines is 1. The molecular formula is C35H35ClFN3O6S. The Morgan fingerprint density at radius 3 is 2.19 bits per heavy atom. The molecule has 0 fully saturated rings. The molecule has 0 saturated carbocycles. The molecule has 0 radical (unpaired) electrons. The molecule has 1 N–H and O–H groups in total. The molecule has 246 valence electrons. The molecule has 9 nitrogen and oxygen atoms in total. The van der Waals surface area contributed by atoms with Gasteiger partial charge in [0.2, 0.25) is 11.8 Å². The Balaban J connectivity index is 1.57. The number of nitrogens with zero attached hydrogens (tertiary/aromatic N) is 2. The maximum absolute atomic E-state index is 14.5. The minimum Gasteiger partial charge on any atom is -0.486 e. The Morgan fingerprint density at radius 2 is 1.53 bits per heavy atom. The minimum atomic E-state index is -4.42. The predicted molar refractivity (Wildman–Crippen MR) is 178 cm³/mol. The highest BCUT2D eigenvalue weighted by atomic mass is 35.5. The number of hydrogen-bond donors (Lipinski definition) is 1. The van der Waals surface area contributed by atoms with Crippen molar-refractivity contribution in [1.29, 1.82) is 0 Å². The highest BCUT2D eigenvalue weighted by Crippen LogP contribution is 2.34. The zero-order valence-corrected chi connectivity index (χ0v) is 27.5. The van der Waals surface area contributed by atoms with Crippen LogP contribution in [0.5, 0.6) is 11.5 Å².